The maximum Gasteiger partial charge on any atom is 0.251 e. The van der Waals surface area contributed by atoms with E-state index >= 15 is 0 Å². The summed E-state index contributed by atoms with van der Waals surface area (Å²) in [5, 5.41) is 33.3. The number of aromatic amines is 1. The first-order valence-corrected chi connectivity index (χ1v) is 13.7. The van der Waals surface area contributed by atoms with Gasteiger partial charge in [0.1, 0.15) is 6.04 Å². The number of H-pyrrole nitrogens is 1. The van der Waals surface area contributed by atoms with Crippen molar-refractivity contribution in [3.63, 3.8) is 0 Å². The number of aromatic nitrogens is 4. The summed E-state index contributed by atoms with van der Waals surface area (Å²) in [6.45, 7) is 2.07. The number of hydrogen-bond donors (Lipinski definition) is 4. The topological polar surface area (TPSA) is 169 Å². The molecule has 1 aromatic heterocycles. The van der Waals surface area contributed by atoms with Crippen LogP contribution in [0.5, 0.6) is 0 Å². The first kappa shape index (κ1) is 27.9. The van der Waals surface area contributed by atoms with Crippen molar-refractivity contribution in [2.45, 2.75) is 49.7 Å². The molecule has 212 valence electrons. The lowest BCUT2D eigenvalue weighted by Gasteiger charge is -2.35. The molecule has 4 N–H and O–H groups in total. The average molecular weight is 556 g/mol. The van der Waals surface area contributed by atoms with Gasteiger partial charge in [0.2, 0.25) is 5.91 Å². The molecule has 1 saturated heterocycles. The molecular weight excluding hydrogens is 522 g/mol. The quantitative estimate of drug-likeness (QED) is 0.289. The van der Waals surface area contributed by atoms with Gasteiger partial charge < -0.3 is 20.9 Å². The van der Waals surface area contributed by atoms with Gasteiger partial charge in [0, 0.05) is 37.3 Å². The van der Waals surface area contributed by atoms with E-state index in [0.717, 1.165) is 24.0 Å². The molecule has 12 heteroatoms. The summed E-state index contributed by atoms with van der Waals surface area (Å²) < 4.78 is 0. The van der Waals surface area contributed by atoms with Gasteiger partial charge in [-0.25, -0.2) is 0 Å². The molecule has 0 spiro atoms. The van der Waals surface area contributed by atoms with Crippen LogP contribution in [0.4, 0.5) is 0 Å². The third kappa shape index (κ3) is 5.28. The van der Waals surface area contributed by atoms with E-state index in [1.807, 2.05) is 31.2 Å². The number of nitrogens with one attached hydrogen (secondary N) is 4. The number of nitriles is 1. The van der Waals surface area contributed by atoms with Gasteiger partial charge in [-0.05, 0) is 67.5 Å². The molecule has 2 heterocycles. The number of benzene rings is 2. The van der Waals surface area contributed by atoms with Crippen LogP contribution in [0.2, 0.25) is 0 Å². The van der Waals surface area contributed by atoms with Crippen molar-refractivity contribution in [1.82, 2.24) is 41.5 Å². The van der Waals surface area contributed by atoms with Crippen LogP contribution in [0.1, 0.15) is 63.9 Å². The number of nitrogens with zero attached hydrogens (tertiary/aromatic N) is 5. The lowest BCUT2D eigenvalue weighted by molar-refractivity contribution is -0.131. The predicted octanol–water partition coefficient (Wildman–Crippen LogP) is 1.13. The molecule has 41 heavy (non-hydrogen) atoms. The molecule has 1 aliphatic heterocycles. The van der Waals surface area contributed by atoms with Crippen molar-refractivity contribution >= 4 is 17.7 Å². The lowest BCUT2D eigenvalue weighted by Crippen LogP contribution is -2.46. The average Bonchev–Trinajstić information content (AvgIpc) is 3.37. The standard InChI is InChI=1S/C29H33N9O3/c1-17(33-16-25(39)38-23(15-30)12-20-13-24(20)38)14-29(28-34-36-37-35-28,21-8-4-18(5-9-21)26(40)31-2)22-10-6-19(7-11-22)27(41)32-3/h4-11,17,20,23-24,33H,12-14,16H2,1-3H3,(H,31,40)(H,32,41)(H,34,35,36,37)/t17-,20-,23+,24+/m1/s1. The van der Waals surface area contributed by atoms with Gasteiger partial charge in [0.25, 0.3) is 11.8 Å². The van der Waals surface area contributed by atoms with Gasteiger partial charge in [0.05, 0.1) is 18.0 Å². The normalized spacial score (nSPS) is 20.0. The van der Waals surface area contributed by atoms with E-state index in [1.54, 1.807) is 43.3 Å². The number of fused-ring (bicyclic) bond motifs is 1. The first-order chi connectivity index (χ1) is 19.8. The zero-order chi connectivity index (χ0) is 29.1. The van der Waals surface area contributed by atoms with Crippen molar-refractivity contribution in [2.24, 2.45) is 5.92 Å². The maximum atomic E-state index is 13.1. The van der Waals surface area contributed by atoms with Crippen molar-refractivity contribution in [1.29, 1.82) is 5.26 Å². The summed E-state index contributed by atoms with van der Waals surface area (Å²) in [7, 11) is 3.15. The highest BCUT2D eigenvalue weighted by molar-refractivity contribution is 5.94. The number of piperidine rings is 1. The second-order valence-corrected chi connectivity index (χ2v) is 10.7. The molecule has 0 bridgehead atoms. The second kappa shape index (κ2) is 11.5. The van der Waals surface area contributed by atoms with Crippen LogP contribution < -0.4 is 16.0 Å². The fourth-order valence-corrected chi connectivity index (χ4v) is 6.01. The molecule has 1 aliphatic carbocycles. The minimum atomic E-state index is -0.949. The number of rotatable bonds is 10. The summed E-state index contributed by atoms with van der Waals surface area (Å²) in [6.07, 6.45) is 2.15. The van der Waals surface area contributed by atoms with E-state index in [-0.39, 0.29) is 42.4 Å². The molecule has 2 aliphatic rings. The van der Waals surface area contributed by atoms with Gasteiger partial charge in [-0.1, -0.05) is 29.5 Å². The van der Waals surface area contributed by atoms with Crippen LogP contribution in [-0.2, 0) is 10.2 Å². The Morgan fingerprint density at radius 2 is 1.61 bits per heavy atom. The number of hydrogen-bond acceptors (Lipinski definition) is 8. The van der Waals surface area contributed by atoms with E-state index in [4.69, 9.17) is 0 Å². The zero-order valence-corrected chi connectivity index (χ0v) is 23.2. The van der Waals surface area contributed by atoms with Crippen molar-refractivity contribution in [3.05, 3.63) is 76.6 Å². The monoisotopic (exact) mass is 555 g/mol. The zero-order valence-electron chi connectivity index (χ0n) is 23.2. The van der Waals surface area contributed by atoms with Gasteiger partial charge in [0.15, 0.2) is 5.82 Å². The molecule has 0 radical (unpaired) electrons. The van der Waals surface area contributed by atoms with E-state index in [0.29, 0.717) is 29.3 Å². The fourth-order valence-electron chi connectivity index (χ4n) is 6.01. The SMILES string of the molecule is CNC(=O)c1ccc(C(C[C@@H](C)NCC(=O)N2[C@H](C#N)C[C@@H]3C[C@@H]32)(c2ccc(C(=O)NC)cc2)c2nn[nH]n2)cc1. The lowest BCUT2D eigenvalue weighted by atomic mass is 9.69. The van der Waals surface area contributed by atoms with E-state index in [2.05, 4.69) is 42.6 Å². The van der Waals surface area contributed by atoms with Crippen LogP contribution in [-0.4, -0.2) is 82.0 Å². The molecule has 5 rings (SSSR count). The molecule has 0 unspecified atom stereocenters. The van der Waals surface area contributed by atoms with Crippen LogP contribution in [0.3, 0.4) is 0 Å². The number of likely N-dealkylation sites (tertiary alicyclic amines) is 1. The van der Waals surface area contributed by atoms with E-state index in [9.17, 15) is 19.6 Å². The Morgan fingerprint density at radius 1 is 1.02 bits per heavy atom. The molecule has 3 aromatic rings. The van der Waals surface area contributed by atoms with E-state index in [1.165, 1.54) is 0 Å². The fraction of sp³-hybridized carbons (Fsp3) is 0.414. The summed E-state index contributed by atoms with van der Waals surface area (Å²) in [5.41, 5.74) is 1.67. The van der Waals surface area contributed by atoms with Crippen LogP contribution in [0.25, 0.3) is 0 Å². The Balaban J connectivity index is 1.48. The largest absolute Gasteiger partial charge is 0.355 e. The molecule has 2 fully saturated rings. The highest BCUT2D eigenvalue weighted by Gasteiger charge is 2.54. The van der Waals surface area contributed by atoms with Crippen LogP contribution in [0, 0.1) is 17.2 Å². The third-order valence-electron chi connectivity index (χ3n) is 8.22. The van der Waals surface area contributed by atoms with Crippen LogP contribution in [0.15, 0.2) is 48.5 Å². The predicted molar refractivity (Wildman–Crippen MR) is 149 cm³/mol. The van der Waals surface area contributed by atoms with E-state index < -0.39 is 5.41 Å². The summed E-state index contributed by atoms with van der Waals surface area (Å²) in [5.74, 6) is 0.356. The molecule has 12 nitrogen and oxygen atoms in total. The van der Waals surface area contributed by atoms with Gasteiger partial charge >= 0.3 is 0 Å². The first-order valence-electron chi connectivity index (χ1n) is 13.7. The third-order valence-corrected chi connectivity index (χ3v) is 8.22. The molecule has 1 saturated carbocycles. The van der Waals surface area contributed by atoms with Crippen molar-refractivity contribution in [2.75, 3.05) is 20.6 Å². The Morgan fingerprint density at radius 3 is 2.10 bits per heavy atom. The number of amides is 3. The Hall–Kier alpha value is -4.63. The smallest absolute Gasteiger partial charge is 0.251 e. The molecule has 4 atom stereocenters. The van der Waals surface area contributed by atoms with Crippen molar-refractivity contribution in [3.8, 4) is 6.07 Å². The highest BCUT2D eigenvalue weighted by atomic mass is 16.2. The number of carbonyl (C=O) groups excluding carboxylic acids is 3. The number of carbonyl (C=O) groups is 3. The van der Waals surface area contributed by atoms with Gasteiger partial charge in [-0.15, -0.1) is 10.2 Å². The maximum absolute atomic E-state index is 13.1. The highest BCUT2D eigenvalue weighted by Crippen LogP contribution is 2.47. The minimum Gasteiger partial charge on any atom is -0.355 e. The molecule has 3 amide bonds. The van der Waals surface area contributed by atoms with Gasteiger partial charge in [-0.3, -0.25) is 14.4 Å². The molecule has 2 aromatic carbocycles. The second-order valence-electron chi connectivity index (χ2n) is 10.7. The summed E-state index contributed by atoms with van der Waals surface area (Å²) in [4.78, 5) is 39.4. The van der Waals surface area contributed by atoms with Crippen LogP contribution >= 0.6 is 0 Å². The summed E-state index contributed by atoms with van der Waals surface area (Å²) >= 11 is 0. The minimum absolute atomic E-state index is 0.0802. The van der Waals surface area contributed by atoms with Crippen molar-refractivity contribution < 1.29 is 14.4 Å². The van der Waals surface area contributed by atoms with Gasteiger partial charge in [-0.2, -0.15) is 10.5 Å². The Labute approximate surface area is 237 Å². The number of tetrazole rings is 1. The summed E-state index contributed by atoms with van der Waals surface area (Å²) in [6, 6.07) is 16.3. The Bertz CT molecular complexity index is 1390. The Kier molecular flexibility index (Phi) is 7.81. The molecular formula is C29H33N9O3.